The van der Waals surface area contributed by atoms with Gasteiger partial charge in [0.1, 0.15) is 0 Å². The number of ether oxygens (including phenoxy) is 1. The van der Waals surface area contributed by atoms with E-state index in [2.05, 4.69) is 0 Å². The quantitative estimate of drug-likeness (QED) is 0.562. The molecule has 0 saturated carbocycles. The summed E-state index contributed by atoms with van der Waals surface area (Å²) in [6.45, 7) is 2.98. The van der Waals surface area contributed by atoms with Crippen molar-refractivity contribution in [3.8, 4) is 0 Å². The molecule has 5 nitrogen and oxygen atoms in total. The van der Waals surface area contributed by atoms with Crippen molar-refractivity contribution in [2.75, 3.05) is 32.5 Å². The molecule has 25 heavy (non-hydrogen) atoms. The molecule has 2 N–H and O–H groups in total. The van der Waals surface area contributed by atoms with Gasteiger partial charge >= 0.3 is 0 Å². The van der Waals surface area contributed by atoms with Crippen molar-refractivity contribution in [2.45, 2.75) is 18.2 Å². The summed E-state index contributed by atoms with van der Waals surface area (Å²) in [6.07, 6.45) is 0.646. The van der Waals surface area contributed by atoms with Crippen LogP contribution in [-0.2, 0) is 21.2 Å². The van der Waals surface area contributed by atoms with Gasteiger partial charge in [0.15, 0.2) is 0 Å². The molecule has 0 aliphatic carbocycles. The number of nitrogens with two attached hydrogens (primary N) is 1. The zero-order valence-electron chi connectivity index (χ0n) is 14.4. The largest absolute Gasteiger partial charge is 0.399 e. The lowest BCUT2D eigenvalue weighted by Crippen LogP contribution is -2.30. The van der Waals surface area contributed by atoms with Crippen molar-refractivity contribution in [3.63, 3.8) is 0 Å². The molecule has 7 heteroatoms. The molecule has 0 fully saturated rings. The highest BCUT2D eigenvalue weighted by atomic mass is 35.5. The predicted octanol–water partition coefficient (Wildman–Crippen LogP) is 3.11. The lowest BCUT2D eigenvalue weighted by Gasteiger charge is -2.17. The highest BCUT2D eigenvalue weighted by molar-refractivity contribution is 7.89. The van der Waals surface area contributed by atoms with Crippen molar-refractivity contribution in [2.24, 2.45) is 0 Å². The maximum absolute atomic E-state index is 12.4. The number of anilines is 1. The van der Waals surface area contributed by atoms with Crippen LogP contribution in [0.1, 0.15) is 11.1 Å². The van der Waals surface area contributed by atoms with Gasteiger partial charge in [0.05, 0.1) is 18.1 Å². The van der Waals surface area contributed by atoms with Crippen LogP contribution in [0.5, 0.6) is 0 Å². The minimum atomic E-state index is -3.49. The Kier molecular flexibility index (Phi) is 6.84. The summed E-state index contributed by atoms with van der Waals surface area (Å²) >= 11 is 6.11. The predicted molar refractivity (Wildman–Crippen MR) is 101 cm³/mol. The van der Waals surface area contributed by atoms with Gasteiger partial charge in [-0.3, -0.25) is 0 Å². The highest BCUT2D eigenvalue weighted by Crippen LogP contribution is 2.19. The topological polar surface area (TPSA) is 72.6 Å². The standard InChI is InChI=1S/C18H23ClN2O3S/c1-14-3-7-17(8-4-14)25(22,23)21(2)10-12-24-11-9-15-5-6-16(20)13-18(15)19/h3-8,13H,9-12,20H2,1-2H3. The van der Waals surface area contributed by atoms with E-state index in [0.29, 0.717) is 30.3 Å². The zero-order chi connectivity index (χ0) is 18.4. The fraction of sp³-hybridized carbons (Fsp3) is 0.333. The van der Waals surface area contributed by atoms with E-state index in [1.54, 1.807) is 43.4 Å². The molecule has 0 spiro atoms. The minimum absolute atomic E-state index is 0.283. The molecule has 0 saturated heterocycles. The van der Waals surface area contributed by atoms with Crippen LogP contribution < -0.4 is 5.73 Å². The molecular formula is C18H23ClN2O3S. The van der Waals surface area contributed by atoms with Crippen molar-refractivity contribution < 1.29 is 13.2 Å². The smallest absolute Gasteiger partial charge is 0.242 e. The van der Waals surface area contributed by atoms with Crippen molar-refractivity contribution in [1.82, 2.24) is 4.31 Å². The summed E-state index contributed by atoms with van der Waals surface area (Å²) in [5.41, 5.74) is 8.25. The molecule has 2 aromatic rings. The Morgan fingerprint density at radius 2 is 1.80 bits per heavy atom. The number of sulfonamides is 1. The first-order valence-corrected chi connectivity index (χ1v) is 9.77. The van der Waals surface area contributed by atoms with Crippen LogP contribution in [0.4, 0.5) is 5.69 Å². The Morgan fingerprint density at radius 1 is 1.12 bits per heavy atom. The third-order valence-corrected chi connectivity index (χ3v) is 6.10. The van der Waals surface area contributed by atoms with Crippen molar-refractivity contribution in [1.29, 1.82) is 0 Å². The summed E-state index contributed by atoms with van der Waals surface area (Å²) in [7, 11) is -1.94. The van der Waals surface area contributed by atoms with Gasteiger partial charge in [0, 0.05) is 24.3 Å². The zero-order valence-corrected chi connectivity index (χ0v) is 16.0. The number of nitrogen functional groups attached to an aromatic ring is 1. The van der Waals surface area contributed by atoms with Crippen LogP contribution in [0.2, 0.25) is 5.02 Å². The van der Waals surface area contributed by atoms with Crippen LogP contribution in [-0.4, -0.2) is 39.5 Å². The van der Waals surface area contributed by atoms with Gasteiger partial charge in [-0.2, -0.15) is 4.31 Å². The minimum Gasteiger partial charge on any atom is -0.399 e. The molecule has 0 heterocycles. The van der Waals surface area contributed by atoms with E-state index in [9.17, 15) is 8.42 Å². The maximum Gasteiger partial charge on any atom is 0.242 e. The first-order valence-electron chi connectivity index (χ1n) is 7.95. The molecule has 0 bridgehead atoms. The summed E-state index contributed by atoms with van der Waals surface area (Å²) < 4.78 is 31.7. The fourth-order valence-corrected chi connectivity index (χ4v) is 3.69. The van der Waals surface area contributed by atoms with E-state index >= 15 is 0 Å². The van der Waals surface area contributed by atoms with Crippen molar-refractivity contribution in [3.05, 3.63) is 58.6 Å². The lowest BCUT2D eigenvalue weighted by atomic mass is 10.1. The molecule has 0 radical (unpaired) electrons. The molecule has 0 aromatic heterocycles. The Balaban J connectivity index is 1.80. The summed E-state index contributed by atoms with van der Waals surface area (Å²) in [5.74, 6) is 0. The number of aryl methyl sites for hydroxylation is 1. The van der Waals surface area contributed by atoms with Gasteiger partial charge in [-0.15, -0.1) is 0 Å². The van der Waals surface area contributed by atoms with Crippen molar-refractivity contribution >= 4 is 27.3 Å². The second kappa shape index (κ2) is 8.67. The van der Waals surface area contributed by atoms with E-state index < -0.39 is 10.0 Å². The average molecular weight is 383 g/mol. The van der Waals surface area contributed by atoms with Crippen LogP contribution >= 0.6 is 11.6 Å². The normalized spacial score (nSPS) is 11.8. The van der Waals surface area contributed by atoms with Gasteiger partial charge in [-0.25, -0.2) is 8.42 Å². The summed E-state index contributed by atoms with van der Waals surface area (Å²) in [5, 5.41) is 0.614. The molecule has 2 aromatic carbocycles. The second-order valence-electron chi connectivity index (χ2n) is 5.85. The molecular weight excluding hydrogens is 360 g/mol. The second-order valence-corrected chi connectivity index (χ2v) is 8.30. The SMILES string of the molecule is Cc1ccc(S(=O)(=O)N(C)CCOCCc2ccc(N)cc2Cl)cc1. The Hall–Kier alpha value is -1.60. The van der Waals surface area contributed by atoms with Gasteiger partial charge < -0.3 is 10.5 Å². The average Bonchev–Trinajstić information content (AvgIpc) is 2.56. The Bertz CT molecular complexity index is 808. The van der Waals surface area contributed by atoms with E-state index in [-0.39, 0.29) is 11.4 Å². The monoisotopic (exact) mass is 382 g/mol. The number of nitrogens with zero attached hydrogens (tertiary/aromatic N) is 1. The van der Waals surface area contributed by atoms with E-state index in [0.717, 1.165) is 11.1 Å². The third-order valence-electron chi connectivity index (χ3n) is 3.87. The molecule has 0 aliphatic heterocycles. The van der Waals surface area contributed by atoms with Gasteiger partial charge in [-0.05, 0) is 43.2 Å². The summed E-state index contributed by atoms with van der Waals surface area (Å²) in [6, 6.07) is 12.2. The highest BCUT2D eigenvalue weighted by Gasteiger charge is 2.20. The van der Waals surface area contributed by atoms with Crippen LogP contribution in [0.25, 0.3) is 0 Å². The number of rotatable bonds is 8. The van der Waals surface area contributed by atoms with Crippen LogP contribution in [0, 0.1) is 6.92 Å². The van der Waals surface area contributed by atoms with Gasteiger partial charge in [0.25, 0.3) is 0 Å². The molecule has 0 aliphatic rings. The first-order chi connectivity index (χ1) is 11.8. The first kappa shape index (κ1) is 19.7. The number of halogens is 1. The number of benzene rings is 2. The fourth-order valence-electron chi connectivity index (χ4n) is 2.25. The molecule has 0 unspecified atom stereocenters. The Morgan fingerprint density at radius 3 is 2.44 bits per heavy atom. The number of hydrogen-bond acceptors (Lipinski definition) is 4. The molecule has 2 rings (SSSR count). The summed E-state index contributed by atoms with van der Waals surface area (Å²) in [4.78, 5) is 0.286. The number of hydrogen-bond donors (Lipinski definition) is 1. The van der Waals surface area contributed by atoms with E-state index in [4.69, 9.17) is 22.1 Å². The third kappa shape index (κ3) is 5.44. The Labute approximate surface area is 154 Å². The van der Waals surface area contributed by atoms with E-state index in [1.807, 2.05) is 13.0 Å². The van der Waals surface area contributed by atoms with Crippen LogP contribution in [0.15, 0.2) is 47.4 Å². The molecule has 0 amide bonds. The maximum atomic E-state index is 12.4. The van der Waals surface area contributed by atoms with Gasteiger partial charge in [0.2, 0.25) is 10.0 Å². The van der Waals surface area contributed by atoms with Gasteiger partial charge in [-0.1, -0.05) is 35.4 Å². The van der Waals surface area contributed by atoms with E-state index in [1.165, 1.54) is 4.31 Å². The molecule has 0 atom stereocenters. The molecule has 136 valence electrons. The van der Waals surface area contributed by atoms with Crippen LogP contribution in [0.3, 0.4) is 0 Å². The lowest BCUT2D eigenvalue weighted by molar-refractivity contribution is 0.129. The number of likely N-dealkylation sites (N-methyl/N-ethyl adjacent to an activating group) is 1.